The maximum Gasteiger partial charge on any atom is 0.333 e. The van der Waals surface area contributed by atoms with E-state index in [2.05, 4.69) is 10.4 Å². The number of hydrogen-bond donors (Lipinski definition) is 1. The smallest absolute Gasteiger partial charge is 0.333 e. The molecule has 7 nitrogen and oxygen atoms in total. The average Bonchev–Trinajstić information content (AvgIpc) is 3.12. The topological polar surface area (TPSA) is 82.2 Å². The lowest BCUT2D eigenvalue weighted by Crippen LogP contribution is -2.14. The first-order valence-corrected chi connectivity index (χ1v) is 6.66. The number of anilines is 1. The molecule has 1 aliphatic carbocycles. The van der Waals surface area contributed by atoms with Gasteiger partial charge in [-0.2, -0.15) is 5.10 Å². The van der Waals surface area contributed by atoms with Crippen molar-refractivity contribution in [3.63, 3.8) is 0 Å². The fourth-order valence-electron chi connectivity index (χ4n) is 1.97. The van der Waals surface area contributed by atoms with E-state index in [1.54, 1.807) is 11.6 Å². The molecular weight excluding hydrogens is 248 g/mol. The van der Waals surface area contributed by atoms with Crippen LogP contribution >= 0.6 is 0 Å². The minimum absolute atomic E-state index is 0.0593. The standard InChI is InChI=1S/C12H20N4O3/c1-3-15-12(11(16(17)18)9(2)14-15)13-6-7-19-8-10-4-5-10/h10,13H,3-8H2,1-2H3. The molecule has 0 aliphatic heterocycles. The Hall–Kier alpha value is -1.63. The summed E-state index contributed by atoms with van der Waals surface area (Å²) in [6, 6.07) is 0. The van der Waals surface area contributed by atoms with Crippen LogP contribution in [0, 0.1) is 23.0 Å². The van der Waals surface area contributed by atoms with Gasteiger partial charge in [-0.05, 0) is 32.6 Å². The van der Waals surface area contributed by atoms with Gasteiger partial charge in [0.05, 0.1) is 11.5 Å². The monoisotopic (exact) mass is 268 g/mol. The molecule has 1 saturated carbocycles. The largest absolute Gasteiger partial charge is 0.379 e. The maximum atomic E-state index is 11.0. The molecule has 1 aliphatic rings. The van der Waals surface area contributed by atoms with Crippen LogP contribution in [0.15, 0.2) is 0 Å². The summed E-state index contributed by atoms with van der Waals surface area (Å²) in [6.07, 6.45) is 2.53. The molecule has 19 heavy (non-hydrogen) atoms. The molecule has 0 bridgehead atoms. The molecule has 7 heteroatoms. The summed E-state index contributed by atoms with van der Waals surface area (Å²) in [7, 11) is 0. The van der Waals surface area contributed by atoms with Gasteiger partial charge in [-0.3, -0.25) is 10.1 Å². The molecule has 1 aromatic heterocycles. The van der Waals surface area contributed by atoms with E-state index in [1.165, 1.54) is 12.8 Å². The van der Waals surface area contributed by atoms with Crippen molar-refractivity contribution in [1.82, 2.24) is 9.78 Å². The normalized spacial score (nSPS) is 14.6. The van der Waals surface area contributed by atoms with E-state index < -0.39 is 0 Å². The van der Waals surface area contributed by atoms with E-state index in [0.29, 0.717) is 31.2 Å². The van der Waals surface area contributed by atoms with E-state index in [0.717, 1.165) is 12.5 Å². The number of nitro groups is 1. The van der Waals surface area contributed by atoms with Gasteiger partial charge in [0.2, 0.25) is 5.82 Å². The Bertz CT molecular complexity index is 454. The number of rotatable bonds is 8. The van der Waals surface area contributed by atoms with Crippen LogP contribution in [-0.2, 0) is 11.3 Å². The third-order valence-corrected chi connectivity index (χ3v) is 3.17. The summed E-state index contributed by atoms with van der Waals surface area (Å²) in [4.78, 5) is 10.7. The highest BCUT2D eigenvalue weighted by molar-refractivity contribution is 5.59. The molecule has 1 aromatic rings. The molecule has 1 fully saturated rings. The molecule has 106 valence electrons. The Morgan fingerprint density at radius 3 is 2.89 bits per heavy atom. The lowest BCUT2D eigenvalue weighted by molar-refractivity contribution is -0.384. The van der Waals surface area contributed by atoms with Gasteiger partial charge < -0.3 is 10.1 Å². The summed E-state index contributed by atoms with van der Waals surface area (Å²) in [5.41, 5.74) is 0.497. The first kappa shape index (κ1) is 13.8. The first-order valence-electron chi connectivity index (χ1n) is 6.66. The fourth-order valence-corrected chi connectivity index (χ4v) is 1.97. The predicted molar refractivity (Wildman–Crippen MR) is 71.3 cm³/mol. The van der Waals surface area contributed by atoms with E-state index in [-0.39, 0.29) is 10.6 Å². The summed E-state index contributed by atoms with van der Waals surface area (Å²) >= 11 is 0. The molecular formula is C12H20N4O3. The second-order valence-electron chi connectivity index (χ2n) is 4.80. The zero-order valence-corrected chi connectivity index (χ0v) is 11.4. The van der Waals surface area contributed by atoms with Crippen LogP contribution in [0.25, 0.3) is 0 Å². The summed E-state index contributed by atoms with van der Waals surface area (Å²) in [5, 5.41) is 18.3. The number of nitrogens with zero attached hydrogens (tertiary/aromatic N) is 3. The third-order valence-electron chi connectivity index (χ3n) is 3.17. The number of hydrogen-bond acceptors (Lipinski definition) is 5. The van der Waals surface area contributed by atoms with Crippen molar-refractivity contribution >= 4 is 11.5 Å². The first-order chi connectivity index (χ1) is 9.13. The van der Waals surface area contributed by atoms with E-state index in [4.69, 9.17) is 4.74 Å². The minimum Gasteiger partial charge on any atom is -0.379 e. The second-order valence-corrected chi connectivity index (χ2v) is 4.80. The Kier molecular flexibility index (Phi) is 4.36. The molecule has 0 radical (unpaired) electrons. The number of ether oxygens (including phenoxy) is 1. The summed E-state index contributed by atoms with van der Waals surface area (Å²) in [6.45, 7) is 6.07. The predicted octanol–water partition coefficient (Wildman–Crippen LogP) is 1.96. The second kappa shape index (κ2) is 6.01. The number of aryl methyl sites for hydroxylation is 2. The number of nitrogens with one attached hydrogen (secondary N) is 1. The lowest BCUT2D eigenvalue weighted by Gasteiger charge is -2.08. The molecule has 0 spiro atoms. The quantitative estimate of drug-likeness (QED) is 0.442. The maximum absolute atomic E-state index is 11.0. The molecule has 2 rings (SSSR count). The van der Waals surface area contributed by atoms with E-state index in [1.807, 2.05) is 6.92 Å². The highest BCUT2D eigenvalue weighted by Crippen LogP contribution is 2.29. The van der Waals surface area contributed by atoms with Gasteiger partial charge in [0.1, 0.15) is 5.69 Å². The zero-order valence-electron chi connectivity index (χ0n) is 11.4. The molecule has 0 amide bonds. The average molecular weight is 268 g/mol. The van der Waals surface area contributed by atoms with Gasteiger partial charge in [-0.1, -0.05) is 0 Å². The van der Waals surface area contributed by atoms with Crippen LogP contribution in [0.2, 0.25) is 0 Å². The Morgan fingerprint density at radius 2 is 2.32 bits per heavy atom. The molecule has 1 N–H and O–H groups in total. The van der Waals surface area contributed by atoms with Gasteiger partial charge in [-0.15, -0.1) is 0 Å². The SMILES string of the molecule is CCn1nc(C)c([N+](=O)[O-])c1NCCOCC1CC1. The van der Waals surface area contributed by atoms with Crippen LogP contribution in [0.1, 0.15) is 25.5 Å². The van der Waals surface area contributed by atoms with Crippen molar-refractivity contribution < 1.29 is 9.66 Å². The van der Waals surface area contributed by atoms with Gasteiger partial charge in [0.25, 0.3) is 0 Å². The fraction of sp³-hybridized carbons (Fsp3) is 0.750. The van der Waals surface area contributed by atoms with E-state index >= 15 is 0 Å². The van der Waals surface area contributed by atoms with Gasteiger partial charge >= 0.3 is 5.69 Å². The third kappa shape index (κ3) is 3.44. The lowest BCUT2D eigenvalue weighted by atomic mass is 10.4. The summed E-state index contributed by atoms with van der Waals surface area (Å²) in [5.74, 6) is 1.21. The Morgan fingerprint density at radius 1 is 1.58 bits per heavy atom. The molecule has 0 saturated heterocycles. The minimum atomic E-state index is -0.387. The molecule has 0 aromatic carbocycles. The Labute approximate surface area is 112 Å². The van der Waals surface area contributed by atoms with Crippen LogP contribution in [0.3, 0.4) is 0 Å². The van der Waals surface area contributed by atoms with Crippen molar-refractivity contribution in [3.05, 3.63) is 15.8 Å². The zero-order chi connectivity index (χ0) is 13.8. The van der Waals surface area contributed by atoms with Crippen molar-refractivity contribution in [2.45, 2.75) is 33.2 Å². The van der Waals surface area contributed by atoms with Crippen molar-refractivity contribution in [1.29, 1.82) is 0 Å². The Balaban J connectivity index is 1.91. The van der Waals surface area contributed by atoms with E-state index in [9.17, 15) is 10.1 Å². The molecule has 0 atom stereocenters. The van der Waals surface area contributed by atoms with Crippen LogP contribution in [0.4, 0.5) is 11.5 Å². The highest BCUT2D eigenvalue weighted by atomic mass is 16.6. The van der Waals surface area contributed by atoms with Gasteiger partial charge in [0.15, 0.2) is 0 Å². The summed E-state index contributed by atoms with van der Waals surface area (Å²) < 4.78 is 7.12. The number of aromatic nitrogens is 2. The van der Waals surface area contributed by atoms with Crippen molar-refractivity contribution in [2.75, 3.05) is 25.1 Å². The van der Waals surface area contributed by atoms with Crippen LogP contribution < -0.4 is 5.32 Å². The van der Waals surface area contributed by atoms with Crippen LogP contribution in [-0.4, -0.2) is 34.5 Å². The highest BCUT2D eigenvalue weighted by Gasteiger charge is 2.24. The van der Waals surface area contributed by atoms with Crippen molar-refractivity contribution in [3.8, 4) is 0 Å². The molecule has 0 unspecified atom stereocenters. The van der Waals surface area contributed by atoms with Crippen LogP contribution in [0.5, 0.6) is 0 Å². The van der Waals surface area contributed by atoms with Crippen molar-refractivity contribution in [2.24, 2.45) is 5.92 Å². The molecule has 1 heterocycles. The van der Waals surface area contributed by atoms with Gasteiger partial charge in [-0.25, -0.2) is 4.68 Å². The van der Waals surface area contributed by atoms with Gasteiger partial charge in [0, 0.05) is 19.7 Å².